The smallest absolute Gasteiger partial charge is 0.120 e. The highest BCUT2D eigenvalue weighted by molar-refractivity contribution is 5.42. The van der Waals surface area contributed by atoms with Gasteiger partial charge in [0.05, 0.1) is 5.69 Å². The number of nitrogens with one attached hydrogen (secondary N) is 1. The summed E-state index contributed by atoms with van der Waals surface area (Å²) in [6.07, 6.45) is 8.36. The van der Waals surface area contributed by atoms with Crippen LogP contribution in [-0.2, 0) is 0 Å². The second-order valence-corrected chi connectivity index (χ2v) is 4.66. The van der Waals surface area contributed by atoms with Crippen molar-refractivity contribution >= 4 is 5.69 Å². The van der Waals surface area contributed by atoms with Crippen LogP contribution in [0.4, 0.5) is 5.69 Å². The Bertz CT molecular complexity index is 375. The molecule has 0 saturated heterocycles. The van der Waals surface area contributed by atoms with Crippen LogP contribution >= 0.6 is 0 Å². The zero-order valence-electron chi connectivity index (χ0n) is 11.3. The highest BCUT2D eigenvalue weighted by Gasteiger charge is 2.23. The number of para-hydroxylation sites is 1. The Morgan fingerprint density at radius 3 is 2.56 bits per heavy atom. The summed E-state index contributed by atoms with van der Waals surface area (Å²) in [4.78, 5) is 2.42. The summed E-state index contributed by atoms with van der Waals surface area (Å²) in [5.74, 6) is 0. The minimum Gasteiger partial charge on any atom is -0.354 e. The molecular weight excluding hydrogens is 222 g/mol. The molecule has 0 spiro atoms. The molecule has 0 bridgehead atoms. The second kappa shape index (κ2) is 6.34. The van der Waals surface area contributed by atoms with Crippen molar-refractivity contribution in [3.63, 3.8) is 0 Å². The Morgan fingerprint density at radius 2 is 1.89 bits per heavy atom. The average Bonchev–Trinajstić information content (AvgIpc) is 2.79. The minimum atomic E-state index is 0.428. The van der Waals surface area contributed by atoms with Gasteiger partial charge in [-0.1, -0.05) is 38.5 Å². The second-order valence-electron chi connectivity index (χ2n) is 4.66. The average molecular weight is 245 g/mol. The Labute approximate surface area is 110 Å². The monoisotopic (exact) mass is 245 g/mol. The number of benzene rings is 1. The summed E-state index contributed by atoms with van der Waals surface area (Å²) in [5, 5.41) is 2.20. The van der Waals surface area contributed by atoms with E-state index in [0.29, 0.717) is 6.17 Å². The summed E-state index contributed by atoms with van der Waals surface area (Å²) < 4.78 is 0. The molecule has 1 N–H and O–H groups in total. The minimum absolute atomic E-state index is 0.428. The topological polar surface area (TPSA) is 18.5 Å². The van der Waals surface area contributed by atoms with Crippen LogP contribution in [0.3, 0.4) is 0 Å². The van der Waals surface area contributed by atoms with E-state index >= 15 is 0 Å². The lowest BCUT2D eigenvalue weighted by Crippen LogP contribution is -2.41. The lowest BCUT2D eigenvalue weighted by molar-refractivity contribution is 0.168. The first-order valence-electron chi connectivity index (χ1n) is 6.89. The Balaban J connectivity index is 1.96. The fourth-order valence-corrected chi connectivity index (χ4v) is 2.28. The molecular formula is C15H23N3. The molecule has 1 atom stereocenters. The van der Waals surface area contributed by atoms with Gasteiger partial charge in [0.15, 0.2) is 0 Å². The van der Waals surface area contributed by atoms with Crippen LogP contribution in [0.15, 0.2) is 42.7 Å². The van der Waals surface area contributed by atoms with E-state index in [1.165, 1.54) is 12.8 Å². The van der Waals surface area contributed by atoms with Gasteiger partial charge in [0.1, 0.15) is 6.17 Å². The zero-order chi connectivity index (χ0) is 12.8. The van der Waals surface area contributed by atoms with E-state index in [0.717, 1.165) is 18.7 Å². The van der Waals surface area contributed by atoms with Gasteiger partial charge in [0, 0.05) is 18.9 Å². The molecule has 1 unspecified atom stereocenters. The van der Waals surface area contributed by atoms with Gasteiger partial charge in [-0.05, 0) is 25.0 Å². The number of rotatable bonds is 6. The van der Waals surface area contributed by atoms with Crippen molar-refractivity contribution in [1.82, 2.24) is 9.91 Å². The van der Waals surface area contributed by atoms with Crippen LogP contribution in [0.1, 0.15) is 33.1 Å². The van der Waals surface area contributed by atoms with Gasteiger partial charge in [-0.25, -0.2) is 0 Å². The van der Waals surface area contributed by atoms with Crippen molar-refractivity contribution in [2.45, 2.75) is 39.3 Å². The molecule has 2 rings (SSSR count). The molecule has 0 aromatic heterocycles. The van der Waals surface area contributed by atoms with Gasteiger partial charge in [-0.3, -0.25) is 10.4 Å². The summed E-state index contributed by atoms with van der Waals surface area (Å²) >= 11 is 0. The molecule has 0 fully saturated rings. The van der Waals surface area contributed by atoms with Gasteiger partial charge in [-0.2, -0.15) is 0 Å². The quantitative estimate of drug-likeness (QED) is 0.825. The first-order chi connectivity index (χ1) is 8.85. The maximum atomic E-state index is 3.45. The molecule has 3 heteroatoms. The molecule has 1 aliphatic heterocycles. The fourth-order valence-electron chi connectivity index (χ4n) is 2.28. The third-order valence-corrected chi connectivity index (χ3v) is 3.29. The molecule has 1 aromatic rings. The Morgan fingerprint density at radius 1 is 1.11 bits per heavy atom. The normalized spacial score (nSPS) is 18.4. The van der Waals surface area contributed by atoms with Crippen molar-refractivity contribution in [3.8, 4) is 0 Å². The fraction of sp³-hybridized carbons (Fsp3) is 0.467. The van der Waals surface area contributed by atoms with Gasteiger partial charge in [0.25, 0.3) is 0 Å². The molecule has 98 valence electrons. The Hall–Kier alpha value is -1.64. The first-order valence-corrected chi connectivity index (χ1v) is 6.89. The zero-order valence-corrected chi connectivity index (χ0v) is 11.3. The largest absolute Gasteiger partial charge is 0.354 e. The third kappa shape index (κ3) is 2.97. The molecule has 0 saturated carbocycles. The highest BCUT2D eigenvalue weighted by Crippen LogP contribution is 2.20. The van der Waals surface area contributed by atoms with Crippen molar-refractivity contribution in [2.75, 3.05) is 12.0 Å². The molecule has 0 aliphatic carbocycles. The van der Waals surface area contributed by atoms with Crippen LogP contribution in [0.5, 0.6) is 0 Å². The van der Waals surface area contributed by atoms with Crippen LogP contribution < -0.4 is 5.43 Å². The van der Waals surface area contributed by atoms with Crippen molar-refractivity contribution in [2.24, 2.45) is 0 Å². The van der Waals surface area contributed by atoms with Crippen LogP contribution in [0.2, 0.25) is 0 Å². The predicted octanol–water partition coefficient (Wildman–Crippen LogP) is 3.64. The van der Waals surface area contributed by atoms with Crippen molar-refractivity contribution in [1.29, 1.82) is 0 Å². The van der Waals surface area contributed by atoms with Crippen LogP contribution in [-0.4, -0.2) is 22.6 Å². The number of hydrazine groups is 1. The number of hydrogen-bond acceptors (Lipinski definition) is 3. The molecule has 0 amide bonds. The maximum absolute atomic E-state index is 3.45. The van der Waals surface area contributed by atoms with E-state index in [2.05, 4.69) is 65.8 Å². The van der Waals surface area contributed by atoms with Gasteiger partial charge >= 0.3 is 0 Å². The van der Waals surface area contributed by atoms with E-state index in [4.69, 9.17) is 0 Å². The summed E-state index contributed by atoms with van der Waals surface area (Å²) in [6.45, 7) is 5.61. The van der Waals surface area contributed by atoms with Crippen molar-refractivity contribution in [3.05, 3.63) is 42.7 Å². The van der Waals surface area contributed by atoms with Crippen molar-refractivity contribution < 1.29 is 0 Å². The van der Waals surface area contributed by atoms with Crippen LogP contribution in [0, 0.1) is 0 Å². The number of anilines is 1. The lowest BCUT2D eigenvalue weighted by Gasteiger charge is -2.32. The molecule has 0 radical (unpaired) electrons. The van der Waals surface area contributed by atoms with E-state index in [1.807, 2.05) is 6.07 Å². The molecule has 1 heterocycles. The molecule has 1 aromatic carbocycles. The Kier molecular flexibility index (Phi) is 4.51. The van der Waals surface area contributed by atoms with E-state index in [9.17, 15) is 0 Å². The first kappa shape index (κ1) is 12.8. The molecule has 3 nitrogen and oxygen atoms in total. The number of hydrogen-bond donors (Lipinski definition) is 1. The van der Waals surface area contributed by atoms with Gasteiger partial charge in [0.2, 0.25) is 0 Å². The number of unbranched alkanes of at least 4 members (excludes halogenated alkanes) is 1. The van der Waals surface area contributed by atoms with Gasteiger partial charge in [-0.15, -0.1) is 0 Å². The predicted molar refractivity (Wildman–Crippen MR) is 76.7 cm³/mol. The van der Waals surface area contributed by atoms with E-state index in [1.54, 1.807) is 0 Å². The molecule has 18 heavy (non-hydrogen) atoms. The van der Waals surface area contributed by atoms with Crippen LogP contribution in [0.25, 0.3) is 0 Å². The standard InChI is InChI=1S/C15H23N3/c1-3-5-11-17-12-13-18(15(17)4-2)16-14-9-7-6-8-10-14/h6-10,12-13,15-16H,3-5,11H2,1-2H3. The SMILES string of the molecule is CCCCN1C=CN(Nc2ccccc2)C1CC. The third-order valence-electron chi connectivity index (χ3n) is 3.29. The van der Waals surface area contributed by atoms with E-state index < -0.39 is 0 Å². The number of nitrogens with zero attached hydrogens (tertiary/aromatic N) is 2. The summed E-state index contributed by atoms with van der Waals surface area (Å²) in [5.41, 5.74) is 4.59. The molecule has 1 aliphatic rings. The summed E-state index contributed by atoms with van der Waals surface area (Å²) in [6, 6.07) is 10.3. The summed E-state index contributed by atoms with van der Waals surface area (Å²) in [7, 11) is 0. The highest BCUT2D eigenvalue weighted by atomic mass is 15.6. The van der Waals surface area contributed by atoms with E-state index in [-0.39, 0.29) is 0 Å². The van der Waals surface area contributed by atoms with Gasteiger partial charge < -0.3 is 4.90 Å². The lowest BCUT2D eigenvalue weighted by atomic mass is 10.3. The maximum Gasteiger partial charge on any atom is 0.120 e.